The molecule has 4 N–H and O–H groups in total. The van der Waals surface area contributed by atoms with E-state index in [1.807, 2.05) is 19.1 Å². The summed E-state index contributed by atoms with van der Waals surface area (Å²) in [7, 11) is 0. The van der Waals surface area contributed by atoms with Crippen LogP contribution in [0.3, 0.4) is 0 Å². The van der Waals surface area contributed by atoms with E-state index >= 15 is 0 Å². The van der Waals surface area contributed by atoms with E-state index in [9.17, 15) is 9.90 Å². The maximum absolute atomic E-state index is 11.9. The Kier molecular flexibility index (Phi) is 4.98. The normalized spacial score (nSPS) is 20.8. The maximum atomic E-state index is 11.9. The minimum atomic E-state index is -0.263. The van der Waals surface area contributed by atoms with Crippen molar-refractivity contribution in [2.45, 2.75) is 25.9 Å². The quantitative estimate of drug-likeness (QED) is 0.709. The van der Waals surface area contributed by atoms with E-state index in [0.717, 1.165) is 31.7 Å². The summed E-state index contributed by atoms with van der Waals surface area (Å²) in [6.45, 7) is 4.41. The first-order valence-electron chi connectivity index (χ1n) is 7.10. The van der Waals surface area contributed by atoms with Crippen LogP contribution in [0.5, 0.6) is 0 Å². The number of rotatable bonds is 5. The van der Waals surface area contributed by atoms with E-state index < -0.39 is 0 Å². The third kappa shape index (κ3) is 4.21. The Morgan fingerprint density at radius 3 is 3.05 bits per heavy atom. The predicted octanol–water partition coefficient (Wildman–Crippen LogP) is 1.30. The molecular formula is C15H23N3O2. The van der Waals surface area contributed by atoms with Crippen LogP contribution in [0.4, 0.5) is 11.4 Å². The van der Waals surface area contributed by atoms with Crippen LogP contribution in [-0.4, -0.2) is 41.7 Å². The lowest BCUT2D eigenvalue weighted by molar-refractivity contribution is -0.116. The van der Waals surface area contributed by atoms with Crippen molar-refractivity contribution >= 4 is 17.3 Å². The van der Waals surface area contributed by atoms with Gasteiger partial charge < -0.3 is 21.1 Å². The summed E-state index contributed by atoms with van der Waals surface area (Å²) in [5, 5.41) is 12.4. The average Bonchev–Trinajstić information content (AvgIpc) is 2.85. The highest BCUT2D eigenvalue weighted by atomic mass is 16.3. The molecule has 1 fully saturated rings. The van der Waals surface area contributed by atoms with Crippen LogP contribution in [0.1, 0.15) is 19.8 Å². The molecule has 2 unspecified atom stereocenters. The largest absolute Gasteiger partial charge is 0.399 e. The third-order valence-electron chi connectivity index (χ3n) is 3.82. The van der Waals surface area contributed by atoms with Crippen molar-refractivity contribution in [3.05, 3.63) is 24.3 Å². The fourth-order valence-electron chi connectivity index (χ4n) is 2.56. The van der Waals surface area contributed by atoms with E-state index in [0.29, 0.717) is 18.0 Å². The maximum Gasteiger partial charge on any atom is 0.225 e. The lowest BCUT2D eigenvalue weighted by atomic mass is 10.0. The van der Waals surface area contributed by atoms with Gasteiger partial charge in [-0.05, 0) is 44.0 Å². The molecule has 1 aliphatic heterocycles. The Balaban J connectivity index is 1.73. The monoisotopic (exact) mass is 277 g/mol. The number of carbonyl (C=O) groups excluding carboxylic acids is 1. The number of nitrogens with zero attached hydrogens (tertiary/aromatic N) is 1. The number of carbonyl (C=O) groups is 1. The molecule has 1 aromatic carbocycles. The molecule has 2 atom stereocenters. The Labute approximate surface area is 119 Å². The zero-order valence-corrected chi connectivity index (χ0v) is 11.9. The van der Waals surface area contributed by atoms with Crippen LogP contribution in [-0.2, 0) is 4.79 Å². The molecule has 0 spiro atoms. The molecule has 110 valence electrons. The van der Waals surface area contributed by atoms with Gasteiger partial charge >= 0.3 is 0 Å². The zero-order chi connectivity index (χ0) is 14.5. The molecule has 1 saturated heterocycles. The highest BCUT2D eigenvalue weighted by molar-refractivity contribution is 5.91. The van der Waals surface area contributed by atoms with Gasteiger partial charge in [-0.1, -0.05) is 6.07 Å². The number of nitrogens with one attached hydrogen (secondary N) is 1. The van der Waals surface area contributed by atoms with Crippen molar-refractivity contribution in [1.82, 2.24) is 4.90 Å². The van der Waals surface area contributed by atoms with E-state index in [4.69, 9.17) is 5.73 Å². The van der Waals surface area contributed by atoms with Gasteiger partial charge in [-0.2, -0.15) is 0 Å². The minimum Gasteiger partial charge on any atom is -0.399 e. The number of aliphatic hydroxyl groups is 1. The summed E-state index contributed by atoms with van der Waals surface area (Å²) < 4.78 is 0. The first-order valence-corrected chi connectivity index (χ1v) is 7.10. The van der Waals surface area contributed by atoms with Gasteiger partial charge in [0.05, 0.1) is 6.10 Å². The summed E-state index contributed by atoms with van der Waals surface area (Å²) in [5.41, 5.74) is 7.04. The predicted molar refractivity (Wildman–Crippen MR) is 80.3 cm³/mol. The number of nitrogens with two attached hydrogens (primary N) is 1. The second-order valence-corrected chi connectivity index (χ2v) is 5.51. The molecule has 5 heteroatoms. The fourth-order valence-corrected chi connectivity index (χ4v) is 2.56. The van der Waals surface area contributed by atoms with Gasteiger partial charge in [0.15, 0.2) is 0 Å². The standard InChI is InChI=1S/C15H23N3O2/c1-11(19)12-5-7-18(10-12)8-6-15(20)17-14-4-2-3-13(16)9-14/h2-4,9,11-12,19H,5-8,10,16H2,1H3,(H,17,20). The molecule has 0 bridgehead atoms. The molecule has 2 rings (SSSR count). The van der Waals surface area contributed by atoms with E-state index in [2.05, 4.69) is 10.2 Å². The lowest BCUT2D eigenvalue weighted by Crippen LogP contribution is -2.27. The summed E-state index contributed by atoms with van der Waals surface area (Å²) >= 11 is 0. The number of aliphatic hydroxyl groups excluding tert-OH is 1. The van der Waals surface area contributed by atoms with Crippen molar-refractivity contribution < 1.29 is 9.90 Å². The summed E-state index contributed by atoms with van der Waals surface area (Å²) in [5.74, 6) is 0.336. The number of hydrogen-bond acceptors (Lipinski definition) is 4. The number of benzene rings is 1. The zero-order valence-electron chi connectivity index (χ0n) is 11.9. The van der Waals surface area contributed by atoms with Crippen LogP contribution in [0.2, 0.25) is 0 Å². The molecule has 0 aliphatic carbocycles. The first kappa shape index (κ1) is 14.8. The van der Waals surface area contributed by atoms with Crippen molar-refractivity contribution in [2.75, 3.05) is 30.7 Å². The van der Waals surface area contributed by atoms with E-state index in [-0.39, 0.29) is 12.0 Å². The summed E-state index contributed by atoms with van der Waals surface area (Å²) in [6.07, 6.45) is 1.21. The van der Waals surface area contributed by atoms with E-state index in [1.54, 1.807) is 12.1 Å². The molecule has 0 saturated carbocycles. The molecule has 20 heavy (non-hydrogen) atoms. The van der Waals surface area contributed by atoms with Gasteiger partial charge in [0, 0.05) is 30.9 Å². The molecule has 1 aliphatic rings. The molecule has 1 amide bonds. The number of nitrogen functional groups attached to an aromatic ring is 1. The SMILES string of the molecule is CC(O)C1CCN(CCC(=O)Nc2cccc(N)c2)C1. The summed E-state index contributed by atoms with van der Waals surface area (Å²) in [6, 6.07) is 7.18. The van der Waals surface area contributed by atoms with Gasteiger partial charge in [0.25, 0.3) is 0 Å². The third-order valence-corrected chi connectivity index (χ3v) is 3.82. The molecule has 0 aromatic heterocycles. The van der Waals surface area contributed by atoms with E-state index in [1.165, 1.54) is 0 Å². The van der Waals surface area contributed by atoms with Crippen LogP contribution >= 0.6 is 0 Å². The number of hydrogen-bond donors (Lipinski definition) is 3. The first-order chi connectivity index (χ1) is 9.54. The Hall–Kier alpha value is -1.59. The Morgan fingerprint density at radius 1 is 1.60 bits per heavy atom. The van der Waals surface area contributed by atoms with Crippen LogP contribution in [0.15, 0.2) is 24.3 Å². The number of anilines is 2. The second-order valence-electron chi connectivity index (χ2n) is 5.51. The topological polar surface area (TPSA) is 78.6 Å². The van der Waals surface area contributed by atoms with Crippen molar-refractivity contribution in [3.63, 3.8) is 0 Å². The Bertz CT molecular complexity index is 462. The van der Waals surface area contributed by atoms with Gasteiger partial charge in [-0.25, -0.2) is 0 Å². The molecule has 1 heterocycles. The Morgan fingerprint density at radius 2 is 2.40 bits per heavy atom. The van der Waals surface area contributed by atoms with Gasteiger partial charge in [-0.15, -0.1) is 0 Å². The van der Waals surface area contributed by atoms with Gasteiger partial charge in [0.2, 0.25) is 5.91 Å². The van der Waals surface area contributed by atoms with Crippen molar-refractivity contribution in [3.8, 4) is 0 Å². The van der Waals surface area contributed by atoms with Crippen LogP contribution in [0, 0.1) is 5.92 Å². The smallest absolute Gasteiger partial charge is 0.225 e. The molecule has 0 radical (unpaired) electrons. The van der Waals surface area contributed by atoms with Crippen LogP contribution < -0.4 is 11.1 Å². The second kappa shape index (κ2) is 6.72. The number of amides is 1. The average molecular weight is 277 g/mol. The highest BCUT2D eigenvalue weighted by Crippen LogP contribution is 2.19. The lowest BCUT2D eigenvalue weighted by Gasteiger charge is -2.17. The van der Waals surface area contributed by atoms with Gasteiger partial charge in [0.1, 0.15) is 0 Å². The molecular weight excluding hydrogens is 254 g/mol. The van der Waals surface area contributed by atoms with Gasteiger partial charge in [-0.3, -0.25) is 4.79 Å². The molecule has 1 aromatic rings. The van der Waals surface area contributed by atoms with Crippen molar-refractivity contribution in [2.24, 2.45) is 5.92 Å². The highest BCUT2D eigenvalue weighted by Gasteiger charge is 2.25. The molecule has 5 nitrogen and oxygen atoms in total. The van der Waals surface area contributed by atoms with Crippen LogP contribution in [0.25, 0.3) is 0 Å². The fraction of sp³-hybridized carbons (Fsp3) is 0.533. The summed E-state index contributed by atoms with van der Waals surface area (Å²) in [4.78, 5) is 14.1. The van der Waals surface area contributed by atoms with Crippen molar-refractivity contribution in [1.29, 1.82) is 0 Å². The number of likely N-dealkylation sites (tertiary alicyclic amines) is 1. The minimum absolute atomic E-state index is 0.00361.